The number of ether oxygens (including phenoxy) is 2. The molecule has 1 aromatic heterocycles. The lowest BCUT2D eigenvalue weighted by Gasteiger charge is -2.33. The van der Waals surface area contributed by atoms with Gasteiger partial charge < -0.3 is 20.9 Å². The van der Waals surface area contributed by atoms with E-state index in [0.29, 0.717) is 17.8 Å². The Morgan fingerprint density at radius 2 is 1.80 bits per heavy atom. The fraction of sp³-hybridized carbons (Fsp3) is 0.542. The zero-order valence-corrected chi connectivity index (χ0v) is 18.2. The van der Waals surface area contributed by atoms with Gasteiger partial charge in [-0.25, -0.2) is 4.98 Å². The van der Waals surface area contributed by atoms with E-state index in [2.05, 4.69) is 22.0 Å². The van der Waals surface area contributed by atoms with Crippen molar-refractivity contribution in [2.75, 3.05) is 31.7 Å². The van der Waals surface area contributed by atoms with Crippen LogP contribution in [0.15, 0.2) is 24.4 Å². The summed E-state index contributed by atoms with van der Waals surface area (Å²) in [7, 11) is 1.71. The third-order valence-electron chi connectivity index (χ3n) is 6.67. The largest absolute Gasteiger partial charge is 0.493 e. The van der Waals surface area contributed by atoms with Crippen LogP contribution in [-0.4, -0.2) is 36.2 Å². The summed E-state index contributed by atoms with van der Waals surface area (Å²) in [6.45, 7) is 5.03. The highest BCUT2D eigenvalue weighted by atomic mass is 16.5. The summed E-state index contributed by atoms with van der Waals surface area (Å²) in [5.41, 5.74) is 16.5. The molecular formula is C24H34N4O2. The fourth-order valence-electron chi connectivity index (χ4n) is 4.94. The van der Waals surface area contributed by atoms with E-state index in [9.17, 15) is 0 Å². The number of aromatic nitrogens is 1. The Morgan fingerprint density at radius 3 is 2.50 bits per heavy atom. The molecule has 1 aromatic carbocycles. The zero-order valence-electron chi connectivity index (χ0n) is 18.2. The lowest BCUT2D eigenvalue weighted by Crippen LogP contribution is -2.33. The number of nitrogens with two attached hydrogens (primary N) is 2. The molecule has 162 valence electrons. The van der Waals surface area contributed by atoms with Crippen LogP contribution in [0.3, 0.4) is 0 Å². The highest BCUT2D eigenvalue weighted by Gasteiger charge is 2.25. The molecule has 30 heavy (non-hydrogen) atoms. The van der Waals surface area contributed by atoms with Gasteiger partial charge in [-0.1, -0.05) is 6.07 Å². The topological polar surface area (TPSA) is 86.6 Å². The van der Waals surface area contributed by atoms with Crippen LogP contribution >= 0.6 is 0 Å². The molecular weight excluding hydrogens is 376 g/mol. The van der Waals surface area contributed by atoms with E-state index < -0.39 is 0 Å². The maximum absolute atomic E-state index is 6.26. The number of hydrogen-bond acceptors (Lipinski definition) is 6. The molecule has 0 unspecified atom stereocenters. The van der Waals surface area contributed by atoms with Crippen molar-refractivity contribution >= 4 is 11.5 Å². The normalized spacial score (nSPS) is 18.6. The molecule has 6 heteroatoms. The minimum Gasteiger partial charge on any atom is -0.493 e. The van der Waals surface area contributed by atoms with Crippen molar-refractivity contribution in [2.24, 2.45) is 0 Å². The Balaban J connectivity index is 1.40. The Kier molecular flexibility index (Phi) is 6.32. The van der Waals surface area contributed by atoms with Crippen LogP contribution in [0.1, 0.15) is 61.1 Å². The predicted molar refractivity (Wildman–Crippen MR) is 121 cm³/mol. The van der Waals surface area contributed by atoms with Gasteiger partial charge in [-0.15, -0.1) is 0 Å². The van der Waals surface area contributed by atoms with Gasteiger partial charge >= 0.3 is 0 Å². The number of anilines is 2. The van der Waals surface area contributed by atoms with E-state index in [-0.39, 0.29) is 0 Å². The first kappa shape index (κ1) is 20.8. The van der Waals surface area contributed by atoms with Gasteiger partial charge in [0.05, 0.1) is 25.1 Å². The van der Waals surface area contributed by atoms with Gasteiger partial charge in [0.25, 0.3) is 0 Å². The van der Waals surface area contributed by atoms with Gasteiger partial charge in [0.1, 0.15) is 5.82 Å². The molecule has 4 rings (SSSR count). The summed E-state index contributed by atoms with van der Waals surface area (Å²) in [5, 5.41) is 0. The lowest BCUT2D eigenvalue weighted by molar-refractivity contribution is 0.196. The van der Waals surface area contributed by atoms with Crippen LogP contribution in [-0.2, 0) is 6.54 Å². The summed E-state index contributed by atoms with van der Waals surface area (Å²) < 4.78 is 11.8. The molecule has 1 aliphatic carbocycles. The molecule has 1 saturated carbocycles. The standard InChI is InChI=1S/C24H34N4O2/c1-16-23(20(25)14-27-24(16)26)18-9-11-28(12-10-18)15-17-7-8-21(29-2)22(13-17)30-19-5-3-4-6-19/h7-8,13-14,18-19H,3-6,9-12,15,25H2,1-2H3,(H2,26,27). The number of pyridine rings is 1. The smallest absolute Gasteiger partial charge is 0.161 e. The molecule has 0 radical (unpaired) electrons. The van der Waals surface area contributed by atoms with Gasteiger partial charge in [0.15, 0.2) is 11.5 Å². The maximum Gasteiger partial charge on any atom is 0.161 e. The van der Waals surface area contributed by atoms with Crippen LogP contribution in [0.4, 0.5) is 11.5 Å². The Hall–Kier alpha value is -2.47. The molecule has 6 nitrogen and oxygen atoms in total. The van der Waals surface area contributed by atoms with E-state index in [4.69, 9.17) is 20.9 Å². The van der Waals surface area contributed by atoms with Crippen LogP contribution < -0.4 is 20.9 Å². The number of likely N-dealkylation sites (tertiary alicyclic amines) is 1. The van der Waals surface area contributed by atoms with Crippen LogP contribution in [0.5, 0.6) is 11.5 Å². The average Bonchev–Trinajstić information content (AvgIpc) is 3.26. The van der Waals surface area contributed by atoms with E-state index in [1.54, 1.807) is 13.3 Å². The minimum atomic E-state index is 0.325. The summed E-state index contributed by atoms with van der Waals surface area (Å²) in [5.74, 6) is 2.75. The Labute approximate surface area is 179 Å². The number of nitrogen functional groups attached to an aromatic ring is 2. The molecule has 2 aliphatic rings. The second-order valence-electron chi connectivity index (χ2n) is 8.70. The lowest BCUT2D eigenvalue weighted by atomic mass is 9.86. The van der Waals surface area contributed by atoms with Crippen molar-refractivity contribution in [3.63, 3.8) is 0 Å². The van der Waals surface area contributed by atoms with Crippen molar-refractivity contribution in [1.29, 1.82) is 0 Å². The van der Waals surface area contributed by atoms with Gasteiger partial charge in [0, 0.05) is 6.54 Å². The highest BCUT2D eigenvalue weighted by molar-refractivity contribution is 5.58. The fourth-order valence-corrected chi connectivity index (χ4v) is 4.94. The predicted octanol–water partition coefficient (Wildman–Crippen LogP) is 4.26. The van der Waals surface area contributed by atoms with Crippen LogP contribution in [0.25, 0.3) is 0 Å². The minimum absolute atomic E-state index is 0.325. The van der Waals surface area contributed by atoms with Gasteiger partial charge in [-0.05, 0) is 93.3 Å². The van der Waals surface area contributed by atoms with Gasteiger partial charge in [-0.2, -0.15) is 0 Å². The van der Waals surface area contributed by atoms with Crippen molar-refractivity contribution in [3.8, 4) is 11.5 Å². The monoisotopic (exact) mass is 410 g/mol. The zero-order chi connectivity index (χ0) is 21.1. The third kappa shape index (κ3) is 4.48. The van der Waals surface area contributed by atoms with Crippen molar-refractivity contribution in [1.82, 2.24) is 9.88 Å². The number of nitrogens with zero attached hydrogens (tertiary/aromatic N) is 2. The van der Waals surface area contributed by atoms with Crippen molar-refractivity contribution in [2.45, 2.75) is 64.0 Å². The third-order valence-corrected chi connectivity index (χ3v) is 6.67. The molecule has 0 spiro atoms. The maximum atomic E-state index is 6.26. The van der Waals surface area contributed by atoms with Crippen LogP contribution in [0.2, 0.25) is 0 Å². The van der Waals surface area contributed by atoms with Crippen molar-refractivity contribution < 1.29 is 9.47 Å². The Bertz CT molecular complexity index is 872. The Morgan fingerprint density at radius 1 is 1.07 bits per heavy atom. The van der Waals surface area contributed by atoms with E-state index >= 15 is 0 Å². The van der Waals surface area contributed by atoms with Crippen LogP contribution in [0, 0.1) is 6.92 Å². The summed E-state index contributed by atoms with van der Waals surface area (Å²) in [6, 6.07) is 6.35. The second kappa shape index (κ2) is 9.13. The molecule has 0 atom stereocenters. The first-order chi connectivity index (χ1) is 14.5. The molecule has 2 fully saturated rings. The summed E-state index contributed by atoms with van der Waals surface area (Å²) in [6.07, 6.45) is 8.99. The first-order valence-electron chi connectivity index (χ1n) is 11.1. The first-order valence-corrected chi connectivity index (χ1v) is 11.1. The van der Waals surface area contributed by atoms with E-state index in [1.165, 1.54) is 24.0 Å². The molecule has 2 heterocycles. The number of benzene rings is 1. The van der Waals surface area contributed by atoms with Crippen molar-refractivity contribution in [3.05, 3.63) is 41.1 Å². The second-order valence-corrected chi connectivity index (χ2v) is 8.70. The number of hydrogen-bond donors (Lipinski definition) is 2. The van der Waals surface area contributed by atoms with Gasteiger partial charge in [-0.3, -0.25) is 4.90 Å². The van der Waals surface area contributed by atoms with E-state index in [1.807, 2.05) is 13.0 Å². The number of piperidine rings is 1. The highest BCUT2D eigenvalue weighted by Crippen LogP contribution is 2.36. The summed E-state index contributed by atoms with van der Waals surface area (Å²) >= 11 is 0. The molecule has 1 aliphatic heterocycles. The molecule has 0 amide bonds. The number of methoxy groups -OCH3 is 1. The molecule has 1 saturated heterocycles. The SMILES string of the molecule is COc1ccc(CN2CCC(c3c(N)cnc(N)c3C)CC2)cc1OC1CCCC1. The summed E-state index contributed by atoms with van der Waals surface area (Å²) in [4.78, 5) is 6.69. The molecule has 2 aromatic rings. The van der Waals surface area contributed by atoms with Gasteiger partial charge in [0.2, 0.25) is 0 Å². The molecule has 4 N–H and O–H groups in total. The average molecular weight is 411 g/mol. The quantitative estimate of drug-likeness (QED) is 0.740. The molecule has 0 bridgehead atoms. The van der Waals surface area contributed by atoms with E-state index in [0.717, 1.165) is 68.1 Å². The number of rotatable bonds is 6.